The summed E-state index contributed by atoms with van der Waals surface area (Å²) in [4.78, 5) is 39.3. The van der Waals surface area contributed by atoms with Gasteiger partial charge in [0.15, 0.2) is 0 Å². The molecule has 2 aliphatic heterocycles. The Morgan fingerprint density at radius 2 is 1.82 bits per heavy atom. The van der Waals surface area contributed by atoms with Gasteiger partial charge in [0, 0.05) is 17.0 Å². The van der Waals surface area contributed by atoms with Gasteiger partial charge in [0.25, 0.3) is 5.56 Å². The molecule has 0 fully saturated rings. The van der Waals surface area contributed by atoms with Crippen LogP contribution in [0.3, 0.4) is 0 Å². The van der Waals surface area contributed by atoms with Crippen LogP contribution >= 0.6 is 0 Å². The van der Waals surface area contributed by atoms with Gasteiger partial charge in [0.1, 0.15) is 18.7 Å². The third-order valence-corrected chi connectivity index (χ3v) is 7.17. The summed E-state index contributed by atoms with van der Waals surface area (Å²) in [6.45, 7) is 3.89. The number of halogens is 4. The topological polar surface area (TPSA) is 125 Å². The summed E-state index contributed by atoms with van der Waals surface area (Å²) in [6.07, 6.45) is -0.774. The van der Waals surface area contributed by atoms with Crippen molar-refractivity contribution in [1.29, 1.82) is 0 Å². The maximum absolute atomic E-state index is 14.6. The lowest BCUT2D eigenvalue weighted by Crippen LogP contribution is -2.32. The highest BCUT2D eigenvalue weighted by molar-refractivity contribution is 5.92. The molecule has 0 spiro atoms. The number of hydrogen-bond donors (Lipinski definition) is 2. The van der Waals surface area contributed by atoms with Crippen LogP contribution in [0.15, 0.2) is 16.9 Å². The number of fused-ring (bicyclic) bond motifs is 5. The van der Waals surface area contributed by atoms with Gasteiger partial charge in [-0.1, -0.05) is 6.92 Å². The van der Waals surface area contributed by atoms with E-state index in [2.05, 4.69) is 5.73 Å². The molecule has 0 saturated heterocycles. The molecule has 3 aromatic rings. The monoisotopic (exact) mass is 549 g/mol. The molecule has 39 heavy (non-hydrogen) atoms. The van der Waals surface area contributed by atoms with Gasteiger partial charge >= 0.3 is 12.3 Å². The van der Waals surface area contributed by atoms with Crippen molar-refractivity contribution in [3.05, 3.63) is 61.7 Å². The lowest BCUT2D eigenvalue weighted by molar-refractivity contribution is -0.148. The van der Waals surface area contributed by atoms with Crippen molar-refractivity contribution >= 4 is 23.2 Å². The minimum absolute atomic E-state index is 0.0247. The number of cyclic esters (lactones) is 1. The molecule has 8 nitrogen and oxygen atoms in total. The summed E-state index contributed by atoms with van der Waals surface area (Å²) in [5.74, 6) is -0.939. The van der Waals surface area contributed by atoms with Crippen molar-refractivity contribution < 1.29 is 37.0 Å². The van der Waals surface area contributed by atoms with Crippen LogP contribution in [-0.2, 0) is 40.3 Å². The SMILES string of the molecule is CCC1C(=O)OCc2c1cc1n(c2=O)Cc2c-1nc1cc(F)c(C)c3c1c2CCC3.NC(F)(F)F.O=CCO. The quantitative estimate of drug-likeness (QED) is 0.170. The van der Waals surface area contributed by atoms with Gasteiger partial charge in [-0.25, -0.2) is 15.1 Å². The summed E-state index contributed by atoms with van der Waals surface area (Å²) in [5, 5.41) is 8.57. The van der Waals surface area contributed by atoms with E-state index in [9.17, 15) is 27.2 Å². The van der Waals surface area contributed by atoms with Gasteiger partial charge in [0.05, 0.1) is 41.5 Å². The smallest absolute Gasteiger partial charge is 0.454 e. The Kier molecular flexibility index (Phi) is 7.89. The van der Waals surface area contributed by atoms with Crippen LogP contribution in [-0.4, -0.2) is 39.8 Å². The standard InChI is InChI=1S/C24H21FN2O3.C2H4O2.CH2F3N/c1-3-12-15-7-20-22-16(9-27(20)23(28)17(15)10-30-24(12)29)14-6-4-5-13-11(2)18(25)8-19(26-22)21(13)14;3-1-2-4;2-1(3,4)5/h7-8,12H,3-6,9-10H2,1-2H3;1,4H,2H2;5H2. The number of aromatic nitrogens is 2. The van der Waals surface area contributed by atoms with Crippen LogP contribution in [0.5, 0.6) is 0 Å². The van der Waals surface area contributed by atoms with E-state index < -0.39 is 12.2 Å². The lowest BCUT2D eigenvalue weighted by atomic mass is 9.84. The maximum Gasteiger partial charge on any atom is 0.454 e. The van der Waals surface area contributed by atoms with E-state index in [1.54, 1.807) is 4.57 Å². The van der Waals surface area contributed by atoms with Crippen LogP contribution < -0.4 is 11.3 Å². The first kappa shape index (κ1) is 28.4. The number of rotatable bonds is 2. The summed E-state index contributed by atoms with van der Waals surface area (Å²) in [7, 11) is 0. The highest BCUT2D eigenvalue weighted by Crippen LogP contribution is 2.42. The van der Waals surface area contributed by atoms with Crippen molar-refractivity contribution in [2.24, 2.45) is 5.73 Å². The number of ether oxygens (including phenoxy) is 1. The highest BCUT2D eigenvalue weighted by Gasteiger charge is 2.35. The van der Waals surface area contributed by atoms with Crippen LogP contribution in [0, 0.1) is 12.7 Å². The molecule has 2 aromatic heterocycles. The van der Waals surface area contributed by atoms with E-state index in [0.717, 1.165) is 52.7 Å². The molecule has 1 unspecified atom stereocenters. The van der Waals surface area contributed by atoms with Gasteiger partial charge in [-0.2, -0.15) is 13.2 Å². The van der Waals surface area contributed by atoms with Crippen molar-refractivity contribution in [3.8, 4) is 11.4 Å². The minimum atomic E-state index is -4.50. The summed E-state index contributed by atoms with van der Waals surface area (Å²) in [5.41, 5.74) is 10.7. The van der Waals surface area contributed by atoms with Crippen LogP contribution in [0.25, 0.3) is 22.3 Å². The molecule has 4 heterocycles. The number of aryl methyl sites for hydroxylation is 2. The first-order valence-electron chi connectivity index (χ1n) is 12.4. The summed E-state index contributed by atoms with van der Waals surface area (Å²) >= 11 is 0. The predicted octanol–water partition coefficient (Wildman–Crippen LogP) is 3.55. The first-order chi connectivity index (χ1) is 18.4. The van der Waals surface area contributed by atoms with Gasteiger partial charge in [-0.15, -0.1) is 0 Å². The Morgan fingerprint density at radius 1 is 1.18 bits per heavy atom. The zero-order chi connectivity index (χ0) is 28.6. The molecule has 208 valence electrons. The van der Waals surface area contributed by atoms with Crippen LogP contribution in [0.4, 0.5) is 17.6 Å². The van der Waals surface area contributed by atoms with E-state index in [-0.39, 0.29) is 30.6 Å². The van der Waals surface area contributed by atoms with Crippen LogP contribution in [0.2, 0.25) is 0 Å². The molecule has 12 heteroatoms. The number of benzene rings is 1. The van der Waals surface area contributed by atoms with E-state index in [4.69, 9.17) is 19.6 Å². The Balaban J connectivity index is 0.000000344. The largest absolute Gasteiger partial charge is 0.460 e. The van der Waals surface area contributed by atoms with Crippen molar-refractivity contribution in [2.75, 3.05) is 6.61 Å². The molecular weight excluding hydrogens is 522 g/mol. The fraction of sp³-hybridized carbons (Fsp3) is 0.407. The van der Waals surface area contributed by atoms with E-state index >= 15 is 0 Å². The number of alkyl halides is 3. The molecule has 0 saturated carbocycles. The Hall–Kier alpha value is -3.64. The number of aliphatic hydroxyl groups is 1. The number of aliphatic hydroxyl groups excluding tert-OH is 1. The second kappa shape index (κ2) is 10.9. The van der Waals surface area contributed by atoms with Gasteiger partial charge in [0.2, 0.25) is 0 Å². The minimum Gasteiger partial charge on any atom is -0.460 e. The van der Waals surface area contributed by atoms with Gasteiger partial charge < -0.3 is 19.2 Å². The molecule has 3 aliphatic rings. The number of carbonyl (C=O) groups excluding carboxylic acids is 2. The number of aldehydes is 1. The molecule has 6 rings (SSSR count). The highest BCUT2D eigenvalue weighted by atomic mass is 19.4. The molecule has 0 bridgehead atoms. The number of hydrogen-bond acceptors (Lipinski definition) is 7. The number of nitrogens with zero attached hydrogens (tertiary/aromatic N) is 2. The molecule has 1 aliphatic carbocycles. The summed E-state index contributed by atoms with van der Waals surface area (Å²) < 4.78 is 52.0. The molecule has 0 amide bonds. The fourth-order valence-corrected chi connectivity index (χ4v) is 5.54. The Labute approximate surface area is 220 Å². The number of carbonyl (C=O) groups is 2. The van der Waals surface area contributed by atoms with Crippen molar-refractivity contribution in [3.63, 3.8) is 0 Å². The zero-order valence-electron chi connectivity index (χ0n) is 21.3. The first-order valence-corrected chi connectivity index (χ1v) is 12.4. The Bertz CT molecular complexity index is 1530. The third-order valence-electron chi connectivity index (χ3n) is 7.17. The average Bonchev–Trinajstić information content (AvgIpc) is 3.25. The molecule has 1 atom stereocenters. The number of pyridine rings is 2. The maximum atomic E-state index is 14.6. The molecular formula is C27H27F4N3O5. The molecule has 0 radical (unpaired) electrons. The average molecular weight is 550 g/mol. The lowest BCUT2D eigenvalue weighted by Gasteiger charge is -2.24. The second-order valence-electron chi connectivity index (χ2n) is 9.44. The molecule has 1 aromatic carbocycles. The third kappa shape index (κ3) is 5.30. The predicted molar refractivity (Wildman–Crippen MR) is 133 cm³/mol. The van der Waals surface area contributed by atoms with Gasteiger partial charge in [-0.05, 0) is 60.9 Å². The van der Waals surface area contributed by atoms with Crippen molar-refractivity contribution in [1.82, 2.24) is 9.55 Å². The zero-order valence-corrected chi connectivity index (χ0v) is 21.3. The van der Waals surface area contributed by atoms with E-state index in [1.807, 2.05) is 19.9 Å². The molecule has 3 N–H and O–H groups in total. The fourth-order valence-electron chi connectivity index (χ4n) is 5.54. The normalized spacial score (nSPS) is 16.6. The van der Waals surface area contributed by atoms with Crippen LogP contribution in [0.1, 0.15) is 59.1 Å². The Morgan fingerprint density at radius 3 is 2.44 bits per heavy atom. The number of esters is 1. The summed E-state index contributed by atoms with van der Waals surface area (Å²) in [6, 6.07) is 3.46. The second-order valence-corrected chi connectivity index (χ2v) is 9.44. The van der Waals surface area contributed by atoms with Gasteiger partial charge in [-0.3, -0.25) is 9.59 Å². The number of nitrogens with two attached hydrogens (primary N) is 1. The van der Waals surface area contributed by atoms with E-state index in [0.29, 0.717) is 35.9 Å². The van der Waals surface area contributed by atoms with E-state index in [1.165, 1.54) is 11.6 Å². The van der Waals surface area contributed by atoms with Crippen molar-refractivity contribution in [2.45, 2.75) is 64.9 Å².